The van der Waals surface area contributed by atoms with E-state index >= 15 is 0 Å². The maximum Gasteiger partial charge on any atom is 0.271 e. The maximum absolute atomic E-state index is 13.0. The average molecular weight is 327 g/mol. The molecule has 21 heavy (non-hydrogen) atoms. The lowest BCUT2D eigenvalue weighted by atomic mass is 10.2. The van der Waals surface area contributed by atoms with E-state index in [0.717, 1.165) is 6.07 Å². The number of nitrogens with one attached hydrogen (secondary N) is 1. The van der Waals surface area contributed by atoms with Crippen LogP contribution in [0.5, 0.6) is 5.75 Å². The molecule has 0 aromatic heterocycles. The van der Waals surface area contributed by atoms with Gasteiger partial charge in [-0.25, -0.2) is 9.82 Å². The second kappa shape index (κ2) is 6.56. The van der Waals surface area contributed by atoms with Gasteiger partial charge in [0.2, 0.25) is 0 Å². The third-order valence-electron chi connectivity index (χ3n) is 2.51. The molecule has 0 atom stereocenters. The molecule has 0 saturated heterocycles. The number of phenolic OH excluding ortho intramolecular Hbond substituents is 1. The molecule has 0 bridgehead atoms. The van der Waals surface area contributed by atoms with Gasteiger partial charge in [-0.3, -0.25) is 4.79 Å². The Labute approximate surface area is 129 Å². The topological polar surface area (TPSA) is 61.7 Å². The highest BCUT2D eigenvalue weighted by Gasteiger charge is 2.07. The molecular weight excluding hydrogens is 318 g/mol. The molecule has 4 nitrogen and oxygen atoms in total. The van der Waals surface area contributed by atoms with Gasteiger partial charge >= 0.3 is 0 Å². The minimum atomic E-state index is -0.585. The summed E-state index contributed by atoms with van der Waals surface area (Å²) in [7, 11) is 0. The van der Waals surface area contributed by atoms with Gasteiger partial charge in [-0.05, 0) is 30.3 Å². The summed E-state index contributed by atoms with van der Waals surface area (Å²) >= 11 is 11.5. The Bertz CT molecular complexity index is 720. The van der Waals surface area contributed by atoms with Crippen molar-refractivity contribution in [1.29, 1.82) is 0 Å². The summed E-state index contributed by atoms with van der Waals surface area (Å²) in [6, 6.07) is 7.98. The highest BCUT2D eigenvalue weighted by atomic mass is 35.5. The van der Waals surface area contributed by atoms with Crippen LogP contribution >= 0.6 is 23.2 Å². The number of benzene rings is 2. The fraction of sp³-hybridized carbons (Fsp3) is 0. The van der Waals surface area contributed by atoms with Crippen molar-refractivity contribution in [1.82, 2.24) is 5.43 Å². The third-order valence-corrected chi connectivity index (χ3v) is 3.02. The van der Waals surface area contributed by atoms with Crippen molar-refractivity contribution in [3.63, 3.8) is 0 Å². The van der Waals surface area contributed by atoms with Crippen LogP contribution in [0.4, 0.5) is 4.39 Å². The summed E-state index contributed by atoms with van der Waals surface area (Å²) < 4.78 is 13.0. The van der Waals surface area contributed by atoms with Gasteiger partial charge < -0.3 is 5.11 Å². The Balaban J connectivity index is 2.11. The largest absolute Gasteiger partial charge is 0.506 e. The molecule has 0 aliphatic carbocycles. The fourth-order valence-electron chi connectivity index (χ4n) is 1.54. The van der Waals surface area contributed by atoms with Crippen molar-refractivity contribution in [3.05, 3.63) is 63.4 Å². The molecule has 0 fully saturated rings. The van der Waals surface area contributed by atoms with E-state index in [0.29, 0.717) is 5.02 Å². The van der Waals surface area contributed by atoms with E-state index in [-0.39, 0.29) is 21.9 Å². The van der Waals surface area contributed by atoms with Crippen molar-refractivity contribution >= 4 is 35.3 Å². The molecule has 2 rings (SSSR count). The van der Waals surface area contributed by atoms with Crippen molar-refractivity contribution in [2.24, 2.45) is 5.10 Å². The number of hydrazone groups is 1. The lowest BCUT2D eigenvalue weighted by molar-refractivity contribution is 0.0954. The molecule has 0 radical (unpaired) electrons. The zero-order valence-corrected chi connectivity index (χ0v) is 12.0. The van der Waals surface area contributed by atoms with Crippen LogP contribution < -0.4 is 5.43 Å². The van der Waals surface area contributed by atoms with Crippen LogP contribution in [-0.4, -0.2) is 17.2 Å². The Kier molecular flexibility index (Phi) is 4.77. The van der Waals surface area contributed by atoms with E-state index in [1.807, 2.05) is 0 Å². The Morgan fingerprint density at radius 3 is 2.76 bits per heavy atom. The Hall–Kier alpha value is -2.11. The molecule has 2 aromatic rings. The molecule has 108 valence electrons. The van der Waals surface area contributed by atoms with Crippen molar-refractivity contribution in [3.8, 4) is 5.75 Å². The van der Waals surface area contributed by atoms with E-state index in [9.17, 15) is 14.3 Å². The van der Waals surface area contributed by atoms with Gasteiger partial charge in [0, 0.05) is 16.1 Å². The molecule has 7 heteroatoms. The van der Waals surface area contributed by atoms with Crippen LogP contribution in [0.2, 0.25) is 10.0 Å². The highest BCUT2D eigenvalue weighted by Crippen LogP contribution is 2.29. The van der Waals surface area contributed by atoms with Crippen molar-refractivity contribution < 1.29 is 14.3 Å². The van der Waals surface area contributed by atoms with Crippen LogP contribution in [-0.2, 0) is 0 Å². The number of aromatic hydroxyl groups is 1. The van der Waals surface area contributed by atoms with Gasteiger partial charge in [0.1, 0.15) is 11.6 Å². The number of amides is 1. The minimum absolute atomic E-state index is 0.0698. The molecule has 0 saturated carbocycles. The van der Waals surface area contributed by atoms with Crippen molar-refractivity contribution in [2.45, 2.75) is 0 Å². The van der Waals surface area contributed by atoms with E-state index in [1.54, 1.807) is 0 Å². The van der Waals surface area contributed by atoms with Crippen LogP contribution in [0.1, 0.15) is 15.9 Å². The molecule has 0 aliphatic rings. The van der Waals surface area contributed by atoms with E-state index in [1.165, 1.54) is 36.5 Å². The predicted octanol–water partition coefficient (Wildman–Crippen LogP) is 3.60. The molecule has 0 heterocycles. The molecular formula is C14H9Cl2FN2O2. The monoisotopic (exact) mass is 326 g/mol. The van der Waals surface area contributed by atoms with Gasteiger partial charge in [0.15, 0.2) is 0 Å². The second-order valence-corrected chi connectivity index (χ2v) is 4.88. The number of phenols is 1. The number of rotatable bonds is 3. The molecule has 0 unspecified atom stereocenters. The molecule has 0 spiro atoms. The van der Waals surface area contributed by atoms with Gasteiger partial charge in [-0.15, -0.1) is 0 Å². The van der Waals surface area contributed by atoms with Crippen LogP contribution in [0.15, 0.2) is 41.5 Å². The summed E-state index contributed by atoms with van der Waals surface area (Å²) in [5.74, 6) is -1.31. The SMILES string of the molecule is O=C(N/N=C/c1cc(Cl)cc(Cl)c1O)c1cccc(F)c1. The fourth-order valence-corrected chi connectivity index (χ4v) is 2.05. The summed E-state index contributed by atoms with van der Waals surface area (Å²) in [5.41, 5.74) is 2.58. The van der Waals surface area contributed by atoms with Crippen molar-refractivity contribution in [2.75, 3.05) is 0 Å². The van der Waals surface area contributed by atoms with E-state index in [4.69, 9.17) is 23.2 Å². The van der Waals surface area contributed by atoms with Gasteiger partial charge in [0.25, 0.3) is 5.91 Å². The molecule has 0 aliphatic heterocycles. The molecule has 2 aromatic carbocycles. The normalized spacial score (nSPS) is 10.8. The quantitative estimate of drug-likeness (QED) is 0.668. The first-order valence-corrected chi connectivity index (χ1v) is 6.50. The first-order valence-electron chi connectivity index (χ1n) is 5.74. The first kappa shape index (κ1) is 15.3. The predicted molar refractivity (Wildman–Crippen MR) is 79.6 cm³/mol. The molecule has 1 amide bonds. The number of nitrogens with zero attached hydrogens (tertiary/aromatic N) is 1. The van der Waals surface area contributed by atoms with Gasteiger partial charge in [-0.1, -0.05) is 29.3 Å². The number of carbonyl (C=O) groups is 1. The Morgan fingerprint density at radius 2 is 2.05 bits per heavy atom. The highest BCUT2D eigenvalue weighted by molar-refractivity contribution is 6.36. The Morgan fingerprint density at radius 1 is 1.29 bits per heavy atom. The number of hydrogen-bond donors (Lipinski definition) is 2. The smallest absolute Gasteiger partial charge is 0.271 e. The average Bonchev–Trinajstić information content (AvgIpc) is 2.43. The van der Waals surface area contributed by atoms with Crippen LogP contribution in [0.3, 0.4) is 0 Å². The number of hydrogen-bond acceptors (Lipinski definition) is 3. The number of halogens is 3. The van der Waals surface area contributed by atoms with E-state index in [2.05, 4.69) is 10.5 Å². The van der Waals surface area contributed by atoms with Crippen LogP contribution in [0, 0.1) is 5.82 Å². The first-order chi connectivity index (χ1) is 9.97. The summed E-state index contributed by atoms with van der Waals surface area (Å²) in [6.45, 7) is 0. The summed E-state index contributed by atoms with van der Waals surface area (Å²) in [4.78, 5) is 11.7. The zero-order valence-electron chi connectivity index (χ0n) is 10.5. The summed E-state index contributed by atoms with van der Waals surface area (Å²) in [6.07, 6.45) is 1.18. The third kappa shape index (κ3) is 3.93. The lowest BCUT2D eigenvalue weighted by Crippen LogP contribution is -2.17. The number of carbonyl (C=O) groups excluding carboxylic acids is 1. The van der Waals surface area contributed by atoms with Gasteiger partial charge in [0.05, 0.1) is 11.2 Å². The maximum atomic E-state index is 13.0. The zero-order chi connectivity index (χ0) is 15.4. The van der Waals surface area contributed by atoms with Gasteiger partial charge in [-0.2, -0.15) is 5.10 Å². The second-order valence-electron chi connectivity index (χ2n) is 4.03. The molecule has 2 N–H and O–H groups in total. The van der Waals surface area contributed by atoms with Crippen LogP contribution in [0.25, 0.3) is 0 Å². The minimum Gasteiger partial charge on any atom is -0.506 e. The van der Waals surface area contributed by atoms with E-state index < -0.39 is 11.7 Å². The standard InChI is InChI=1S/C14H9Cl2FN2O2/c15-10-4-9(13(20)12(16)6-10)7-18-19-14(21)8-2-1-3-11(17)5-8/h1-7,20H,(H,19,21)/b18-7+. The lowest BCUT2D eigenvalue weighted by Gasteiger charge is -2.03. The summed E-state index contributed by atoms with van der Waals surface area (Å²) in [5, 5.41) is 13.7.